The Morgan fingerprint density at radius 3 is 3.08 bits per heavy atom. The third-order valence-electron chi connectivity index (χ3n) is 4.69. The Labute approximate surface area is 144 Å². The van der Waals surface area contributed by atoms with Gasteiger partial charge in [0.2, 0.25) is 0 Å². The van der Waals surface area contributed by atoms with Crippen molar-refractivity contribution in [2.45, 2.75) is 58.5 Å². The fourth-order valence-electron chi connectivity index (χ4n) is 3.49. The molecule has 2 atom stereocenters. The van der Waals surface area contributed by atoms with Crippen LogP contribution in [0.25, 0.3) is 0 Å². The van der Waals surface area contributed by atoms with Crippen LogP contribution < -0.4 is 10.6 Å². The first-order valence-corrected chi connectivity index (χ1v) is 9.37. The molecule has 2 N–H and O–H groups in total. The molecule has 0 fully saturated rings. The normalized spacial score (nSPS) is 22.6. The Morgan fingerprint density at radius 2 is 2.21 bits per heavy atom. The summed E-state index contributed by atoms with van der Waals surface area (Å²) in [6.45, 7) is 5.01. The second-order valence-electron chi connectivity index (χ2n) is 6.77. The smallest absolute Gasteiger partial charge is 0.321 e. The molecule has 2 amide bonds. The Morgan fingerprint density at radius 1 is 1.33 bits per heavy atom. The van der Waals surface area contributed by atoms with E-state index in [1.54, 1.807) is 11.3 Å². The zero-order chi connectivity index (χ0) is 16.7. The monoisotopic (exact) mass is 346 g/mol. The number of hydrogen-bond acceptors (Lipinski definition) is 5. The fraction of sp³-hybridized carbons (Fsp3) is 0.625. The van der Waals surface area contributed by atoms with Crippen molar-refractivity contribution in [3.8, 4) is 0 Å². The summed E-state index contributed by atoms with van der Waals surface area (Å²) in [5, 5.41) is 11.0. The molecule has 1 aliphatic carbocycles. The van der Waals surface area contributed by atoms with Gasteiger partial charge in [-0.05, 0) is 44.9 Å². The quantitative estimate of drug-likeness (QED) is 0.876. The first-order valence-electron chi connectivity index (χ1n) is 8.56. The molecule has 0 aromatic carbocycles. The van der Waals surface area contributed by atoms with E-state index < -0.39 is 0 Å². The number of fused-ring (bicyclic) bond motifs is 2. The number of carbonyl (C=O) groups is 1. The molecule has 2 aromatic rings. The number of anilines is 1. The van der Waals surface area contributed by atoms with Gasteiger partial charge in [-0.15, -0.1) is 11.3 Å². The van der Waals surface area contributed by atoms with Gasteiger partial charge in [-0.25, -0.2) is 19.4 Å². The number of thiazole rings is 1. The summed E-state index contributed by atoms with van der Waals surface area (Å²) in [7, 11) is 0. The zero-order valence-corrected chi connectivity index (χ0v) is 14.8. The minimum Gasteiger partial charge on any atom is -0.328 e. The number of carbonyl (C=O) groups excluding carboxylic acids is 1. The van der Waals surface area contributed by atoms with Gasteiger partial charge in [-0.1, -0.05) is 6.92 Å². The van der Waals surface area contributed by atoms with Gasteiger partial charge in [-0.2, -0.15) is 5.10 Å². The van der Waals surface area contributed by atoms with E-state index in [1.165, 1.54) is 11.3 Å². The van der Waals surface area contributed by atoms with E-state index in [-0.39, 0.29) is 12.1 Å². The number of nitrogens with one attached hydrogen (secondary N) is 2. The third kappa shape index (κ3) is 3.02. The zero-order valence-electron chi connectivity index (χ0n) is 14.0. The highest BCUT2D eigenvalue weighted by Gasteiger charge is 2.26. The minimum atomic E-state index is -0.215. The van der Waals surface area contributed by atoms with E-state index in [0.29, 0.717) is 11.0 Å². The molecule has 2 aromatic heterocycles. The maximum Gasteiger partial charge on any atom is 0.321 e. The van der Waals surface area contributed by atoms with Crippen molar-refractivity contribution in [3.05, 3.63) is 22.2 Å². The summed E-state index contributed by atoms with van der Waals surface area (Å²) < 4.78 is 1.90. The largest absolute Gasteiger partial charge is 0.328 e. The fourth-order valence-corrected chi connectivity index (χ4v) is 4.66. The second-order valence-corrected chi connectivity index (χ2v) is 7.85. The van der Waals surface area contributed by atoms with Crippen LogP contribution in [0.5, 0.6) is 0 Å². The molecule has 8 heteroatoms. The average molecular weight is 346 g/mol. The third-order valence-corrected chi connectivity index (χ3v) is 5.73. The number of aromatic nitrogens is 4. The summed E-state index contributed by atoms with van der Waals surface area (Å²) in [5.41, 5.74) is 1.15. The van der Waals surface area contributed by atoms with Gasteiger partial charge in [0.25, 0.3) is 0 Å². The van der Waals surface area contributed by atoms with Crippen LogP contribution in [0.4, 0.5) is 9.93 Å². The van der Waals surface area contributed by atoms with Crippen molar-refractivity contribution < 1.29 is 4.79 Å². The molecule has 128 valence electrons. The molecule has 4 rings (SSSR count). The van der Waals surface area contributed by atoms with Crippen LogP contribution in [-0.2, 0) is 19.4 Å². The highest BCUT2D eigenvalue weighted by molar-refractivity contribution is 7.15. The van der Waals surface area contributed by atoms with Crippen LogP contribution in [-0.4, -0.2) is 25.8 Å². The molecule has 24 heavy (non-hydrogen) atoms. The molecular formula is C16H22N6OS. The summed E-state index contributed by atoms with van der Waals surface area (Å²) in [4.78, 5) is 22.7. The second kappa shape index (κ2) is 6.16. The topological polar surface area (TPSA) is 84.7 Å². The van der Waals surface area contributed by atoms with Crippen LogP contribution in [0, 0.1) is 12.8 Å². The van der Waals surface area contributed by atoms with Crippen LogP contribution in [0.15, 0.2) is 0 Å². The molecule has 1 aliphatic heterocycles. The van der Waals surface area contributed by atoms with Crippen LogP contribution >= 0.6 is 11.3 Å². The Hall–Kier alpha value is -1.96. The lowest BCUT2D eigenvalue weighted by Crippen LogP contribution is -2.36. The van der Waals surface area contributed by atoms with Crippen LogP contribution in [0.2, 0.25) is 0 Å². The van der Waals surface area contributed by atoms with Gasteiger partial charge in [0, 0.05) is 11.4 Å². The molecule has 0 saturated carbocycles. The minimum absolute atomic E-state index is 0.0884. The summed E-state index contributed by atoms with van der Waals surface area (Å²) in [6, 6.07) is -0.303. The summed E-state index contributed by atoms with van der Waals surface area (Å²) >= 11 is 1.60. The van der Waals surface area contributed by atoms with Crippen LogP contribution in [0.3, 0.4) is 0 Å². The maximum absolute atomic E-state index is 12.4. The lowest BCUT2D eigenvalue weighted by Gasteiger charge is -2.22. The van der Waals surface area contributed by atoms with Crippen LogP contribution in [0.1, 0.15) is 54.4 Å². The van der Waals surface area contributed by atoms with E-state index in [9.17, 15) is 4.79 Å². The van der Waals surface area contributed by atoms with Crippen molar-refractivity contribution in [1.82, 2.24) is 25.1 Å². The van der Waals surface area contributed by atoms with E-state index in [2.05, 4.69) is 32.6 Å². The van der Waals surface area contributed by atoms with Gasteiger partial charge in [0.1, 0.15) is 11.6 Å². The standard InChI is InChI=1S/C16H22N6OS/c1-9-5-6-11-13(8-9)24-16(19-11)20-15(23)18-12-4-3-7-22-14(12)17-10(2)21-22/h9,12H,3-8H2,1-2H3,(H2,18,19,20,23). The first-order chi connectivity index (χ1) is 11.6. The lowest BCUT2D eigenvalue weighted by atomic mass is 9.93. The molecule has 7 nitrogen and oxygen atoms in total. The van der Waals surface area contributed by atoms with Gasteiger partial charge < -0.3 is 5.32 Å². The van der Waals surface area contributed by atoms with Crippen molar-refractivity contribution in [1.29, 1.82) is 0 Å². The van der Waals surface area contributed by atoms with Gasteiger partial charge in [0.15, 0.2) is 5.13 Å². The molecule has 3 heterocycles. The molecule has 0 bridgehead atoms. The summed E-state index contributed by atoms with van der Waals surface area (Å²) in [6.07, 6.45) is 5.14. The SMILES string of the molecule is Cc1nc2n(n1)CCCC2NC(=O)Nc1nc2c(s1)CC(C)CC2. The van der Waals surface area contributed by atoms with E-state index in [0.717, 1.165) is 49.6 Å². The number of hydrogen-bond donors (Lipinski definition) is 2. The molecule has 0 radical (unpaired) electrons. The van der Waals surface area contributed by atoms with Crippen molar-refractivity contribution in [3.63, 3.8) is 0 Å². The highest BCUT2D eigenvalue weighted by Crippen LogP contribution is 2.32. The number of amides is 2. The number of aryl methyl sites for hydroxylation is 3. The molecule has 2 aliphatic rings. The van der Waals surface area contributed by atoms with E-state index in [1.807, 2.05) is 11.6 Å². The number of rotatable bonds is 2. The predicted molar refractivity (Wildman–Crippen MR) is 92.2 cm³/mol. The first kappa shape index (κ1) is 15.6. The summed E-state index contributed by atoms with van der Waals surface area (Å²) in [5.74, 6) is 2.30. The Kier molecular flexibility index (Phi) is 3.99. The average Bonchev–Trinajstić information content (AvgIpc) is 3.09. The maximum atomic E-state index is 12.4. The molecule has 0 saturated heterocycles. The molecule has 2 unspecified atom stereocenters. The highest BCUT2D eigenvalue weighted by atomic mass is 32.1. The van der Waals surface area contributed by atoms with Gasteiger partial charge in [0.05, 0.1) is 11.7 Å². The van der Waals surface area contributed by atoms with Gasteiger partial charge >= 0.3 is 6.03 Å². The van der Waals surface area contributed by atoms with Gasteiger partial charge in [-0.3, -0.25) is 5.32 Å². The Bertz CT molecular complexity index is 767. The van der Waals surface area contributed by atoms with Crippen molar-refractivity contribution in [2.75, 3.05) is 5.32 Å². The predicted octanol–water partition coefficient (Wildman–Crippen LogP) is 2.82. The van der Waals surface area contributed by atoms with E-state index in [4.69, 9.17) is 0 Å². The number of urea groups is 1. The Balaban J connectivity index is 1.43. The van der Waals surface area contributed by atoms with Crippen molar-refractivity contribution in [2.24, 2.45) is 5.92 Å². The van der Waals surface area contributed by atoms with E-state index >= 15 is 0 Å². The lowest BCUT2D eigenvalue weighted by molar-refractivity contribution is 0.244. The number of nitrogens with zero attached hydrogens (tertiary/aromatic N) is 4. The van der Waals surface area contributed by atoms with Crippen molar-refractivity contribution >= 4 is 22.5 Å². The molecular weight excluding hydrogens is 324 g/mol. The molecule has 0 spiro atoms.